The summed E-state index contributed by atoms with van der Waals surface area (Å²) in [5, 5.41) is 3.65. The number of hydrogen-bond acceptors (Lipinski definition) is 2. The number of halogens is 2. The lowest BCUT2D eigenvalue weighted by Crippen LogP contribution is -2.51. The molecule has 0 spiro atoms. The first-order valence-electron chi connectivity index (χ1n) is 6.87. The quantitative estimate of drug-likeness (QED) is 0.896. The minimum absolute atomic E-state index is 0. The number of hydrogen-bond donors (Lipinski definition) is 2. The SMILES string of the molecule is Cl.NC1(CNC(=O)Cc2ccc(Cl)cc2)CCCCC1. The predicted octanol–water partition coefficient (Wildman–Crippen LogP) is 3.08. The van der Waals surface area contributed by atoms with E-state index in [1.165, 1.54) is 19.3 Å². The number of amides is 1. The summed E-state index contributed by atoms with van der Waals surface area (Å²) < 4.78 is 0. The summed E-state index contributed by atoms with van der Waals surface area (Å²) in [5.41, 5.74) is 7.06. The second-order valence-corrected chi connectivity index (χ2v) is 5.94. The molecule has 0 aliphatic heterocycles. The van der Waals surface area contributed by atoms with Crippen molar-refractivity contribution in [3.05, 3.63) is 34.9 Å². The molecule has 20 heavy (non-hydrogen) atoms. The smallest absolute Gasteiger partial charge is 0.224 e. The summed E-state index contributed by atoms with van der Waals surface area (Å²) in [4.78, 5) is 11.9. The van der Waals surface area contributed by atoms with E-state index in [4.69, 9.17) is 17.3 Å². The molecule has 3 nitrogen and oxygen atoms in total. The van der Waals surface area contributed by atoms with Gasteiger partial charge in [0.1, 0.15) is 0 Å². The minimum atomic E-state index is -0.200. The molecule has 0 saturated heterocycles. The molecule has 5 heteroatoms. The number of carbonyl (C=O) groups is 1. The molecule has 1 aromatic carbocycles. The molecule has 0 aromatic heterocycles. The Bertz CT molecular complexity index is 428. The van der Waals surface area contributed by atoms with Gasteiger partial charge in [-0.25, -0.2) is 0 Å². The lowest BCUT2D eigenvalue weighted by molar-refractivity contribution is -0.120. The van der Waals surface area contributed by atoms with E-state index in [1.54, 1.807) is 12.1 Å². The van der Waals surface area contributed by atoms with Crippen molar-refractivity contribution in [2.45, 2.75) is 44.1 Å². The average Bonchev–Trinajstić information content (AvgIpc) is 2.40. The van der Waals surface area contributed by atoms with E-state index in [9.17, 15) is 4.79 Å². The van der Waals surface area contributed by atoms with Crippen LogP contribution in [0.1, 0.15) is 37.7 Å². The highest BCUT2D eigenvalue weighted by Crippen LogP contribution is 2.25. The molecule has 1 aliphatic carbocycles. The van der Waals surface area contributed by atoms with Gasteiger partial charge in [0.25, 0.3) is 0 Å². The van der Waals surface area contributed by atoms with Gasteiger partial charge in [-0.1, -0.05) is 43.0 Å². The monoisotopic (exact) mass is 316 g/mol. The normalized spacial score (nSPS) is 17.1. The van der Waals surface area contributed by atoms with Crippen molar-refractivity contribution in [3.8, 4) is 0 Å². The van der Waals surface area contributed by atoms with Crippen LogP contribution in [0.3, 0.4) is 0 Å². The van der Waals surface area contributed by atoms with Crippen LogP contribution in [-0.2, 0) is 11.2 Å². The zero-order chi connectivity index (χ0) is 13.7. The highest BCUT2D eigenvalue weighted by molar-refractivity contribution is 6.30. The topological polar surface area (TPSA) is 55.1 Å². The Morgan fingerprint density at radius 1 is 1.20 bits per heavy atom. The summed E-state index contributed by atoms with van der Waals surface area (Å²) in [5.74, 6) is 0.0257. The largest absolute Gasteiger partial charge is 0.354 e. The lowest BCUT2D eigenvalue weighted by Gasteiger charge is -2.33. The number of nitrogens with one attached hydrogen (secondary N) is 1. The number of rotatable bonds is 4. The Morgan fingerprint density at radius 2 is 1.80 bits per heavy atom. The molecule has 1 amide bonds. The third kappa shape index (κ3) is 5.31. The average molecular weight is 317 g/mol. The van der Waals surface area contributed by atoms with Crippen LogP contribution in [0.2, 0.25) is 5.02 Å². The molecule has 1 fully saturated rings. The van der Waals surface area contributed by atoms with Crippen LogP contribution in [0.4, 0.5) is 0 Å². The maximum atomic E-state index is 11.9. The van der Waals surface area contributed by atoms with Crippen LogP contribution in [0.5, 0.6) is 0 Å². The van der Waals surface area contributed by atoms with E-state index >= 15 is 0 Å². The van der Waals surface area contributed by atoms with E-state index in [2.05, 4.69) is 5.32 Å². The van der Waals surface area contributed by atoms with Crippen LogP contribution < -0.4 is 11.1 Å². The van der Waals surface area contributed by atoms with Crippen molar-refractivity contribution >= 4 is 29.9 Å². The summed E-state index contributed by atoms with van der Waals surface area (Å²) >= 11 is 5.81. The van der Waals surface area contributed by atoms with Gasteiger partial charge in [-0.05, 0) is 30.5 Å². The number of nitrogens with two attached hydrogens (primary N) is 1. The Labute approximate surface area is 131 Å². The summed E-state index contributed by atoms with van der Waals surface area (Å²) in [7, 11) is 0. The zero-order valence-electron chi connectivity index (χ0n) is 11.5. The van der Waals surface area contributed by atoms with E-state index in [1.807, 2.05) is 12.1 Å². The fourth-order valence-electron chi connectivity index (χ4n) is 2.56. The fraction of sp³-hybridized carbons (Fsp3) is 0.533. The Kier molecular flexibility index (Phi) is 6.80. The molecule has 2 rings (SSSR count). The van der Waals surface area contributed by atoms with E-state index in [-0.39, 0.29) is 23.9 Å². The van der Waals surface area contributed by atoms with E-state index < -0.39 is 0 Å². The van der Waals surface area contributed by atoms with Crippen LogP contribution in [0.25, 0.3) is 0 Å². The summed E-state index contributed by atoms with van der Waals surface area (Å²) in [6.07, 6.45) is 6.00. The van der Waals surface area contributed by atoms with Gasteiger partial charge in [-0.15, -0.1) is 12.4 Å². The third-order valence-corrected chi connectivity index (χ3v) is 4.02. The lowest BCUT2D eigenvalue weighted by atomic mass is 9.82. The second kappa shape index (κ2) is 7.87. The van der Waals surface area contributed by atoms with Gasteiger partial charge >= 0.3 is 0 Å². The third-order valence-electron chi connectivity index (χ3n) is 3.76. The predicted molar refractivity (Wildman–Crippen MR) is 85.4 cm³/mol. The Morgan fingerprint density at radius 3 is 2.40 bits per heavy atom. The first-order valence-corrected chi connectivity index (χ1v) is 7.25. The van der Waals surface area contributed by atoms with Gasteiger partial charge in [-0.3, -0.25) is 4.79 Å². The Balaban J connectivity index is 0.00000200. The van der Waals surface area contributed by atoms with Gasteiger partial charge in [0.05, 0.1) is 6.42 Å². The van der Waals surface area contributed by atoms with E-state index in [0.717, 1.165) is 18.4 Å². The van der Waals surface area contributed by atoms with Crippen LogP contribution in [-0.4, -0.2) is 18.0 Å². The van der Waals surface area contributed by atoms with Gasteiger partial charge < -0.3 is 11.1 Å². The maximum absolute atomic E-state index is 11.9. The molecule has 1 aliphatic rings. The molecule has 1 saturated carbocycles. The molecule has 0 bridgehead atoms. The standard InChI is InChI=1S/C15H21ClN2O.ClH/c16-13-6-4-12(5-7-13)10-14(19)18-11-15(17)8-2-1-3-9-15;/h4-7H,1-3,8-11,17H2,(H,18,19);1H. The van der Waals surface area contributed by atoms with E-state index in [0.29, 0.717) is 18.0 Å². The van der Waals surface area contributed by atoms with Gasteiger partial charge in [0, 0.05) is 17.1 Å². The molecule has 112 valence electrons. The van der Waals surface area contributed by atoms with Crippen LogP contribution in [0, 0.1) is 0 Å². The van der Waals surface area contributed by atoms with Crippen molar-refractivity contribution in [3.63, 3.8) is 0 Å². The molecular weight excluding hydrogens is 295 g/mol. The summed E-state index contributed by atoms with van der Waals surface area (Å²) in [6, 6.07) is 7.35. The van der Waals surface area contributed by atoms with Crippen LogP contribution >= 0.6 is 24.0 Å². The van der Waals surface area contributed by atoms with Crippen molar-refractivity contribution in [2.75, 3.05) is 6.54 Å². The zero-order valence-corrected chi connectivity index (χ0v) is 13.1. The molecule has 0 atom stereocenters. The van der Waals surface area contributed by atoms with Gasteiger partial charge in [0.2, 0.25) is 5.91 Å². The first kappa shape index (κ1) is 17.3. The summed E-state index contributed by atoms with van der Waals surface area (Å²) in [6.45, 7) is 0.583. The molecule has 0 heterocycles. The first-order chi connectivity index (χ1) is 9.07. The van der Waals surface area contributed by atoms with Crippen molar-refractivity contribution < 1.29 is 4.79 Å². The van der Waals surface area contributed by atoms with Gasteiger partial charge in [0.15, 0.2) is 0 Å². The number of carbonyl (C=O) groups excluding carboxylic acids is 1. The van der Waals surface area contributed by atoms with Crippen molar-refractivity contribution in [1.29, 1.82) is 0 Å². The van der Waals surface area contributed by atoms with Crippen molar-refractivity contribution in [2.24, 2.45) is 5.73 Å². The molecule has 3 N–H and O–H groups in total. The maximum Gasteiger partial charge on any atom is 0.224 e. The molecule has 0 radical (unpaired) electrons. The molecule has 0 unspecified atom stereocenters. The molecule has 1 aromatic rings. The fourth-order valence-corrected chi connectivity index (χ4v) is 2.68. The Hall–Kier alpha value is -0.770. The van der Waals surface area contributed by atoms with Crippen molar-refractivity contribution in [1.82, 2.24) is 5.32 Å². The minimum Gasteiger partial charge on any atom is -0.354 e. The van der Waals surface area contributed by atoms with Gasteiger partial charge in [-0.2, -0.15) is 0 Å². The highest BCUT2D eigenvalue weighted by atomic mass is 35.5. The molecular formula is C15H22Cl2N2O. The van der Waals surface area contributed by atoms with Crippen LogP contribution in [0.15, 0.2) is 24.3 Å². The number of benzene rings is 1. The highest BCUT2D eigenvalue weighted by Gasteiger charge is 2.27. The second-order valence-electron chi connectivity index (χ2n) is 5.50.